The molecule has 5 heteroatoms. The van der Waals surface area contributed by atoms with Gasteiger partial charge in [-0.05, 0) is 53.5 Å². The predicted octanol–water partition coefficient (Wildman–Crippen LogP) is 2.71. The summed E-state index contributed by atoms with van der Waals surface area (Å²) in [6, 6.07) is 4.32. The molecule has 1 fully saturated rings. The summed E-state index contributed by atoms with van der Waals surface area (Å²) in [5.41, 5.74) is 5.66. The molecule has 2 rings (SSSR count). The van der Waals surface area contributed by atoms with Crippen LogP contribution in [-0.4, -0.2) is 24.5 Å². The predicted molar refractivity (Wildman–Crippen MR) is 71.7 cm³/mol. The van der Waals surface area contributed by atoms with E-state index in [-0.39, 0.29) is 12.4 Å². The molecule has 1 atom stereocenters. The molecule has 0 saturated carbocycles. The van der Waals surface area contributed by atoms with E-state index in [0.29, 0.717) is 0 Å². The standard InChI is InChI=1S/C10H15BrN2S.ClH/c11-10-2-1-9(14-10)7-13-4-3-8(5-12)6-13;/h1-2,8H,3-7,12H2;1H. The molecular formula is C10H16BrClN2S. The third kappa shape index (κ3) is 3.71. The van der Waals surface area contributed by atoms with Gasteiger partial charge >= 0.3 is 0 Å². The van der Waals surface area contributed by atoms with Crippen LogP contribution >= 0.6 is 39.7 Å². The van der Waals surface area contributed by atoms with Gasteiger partial charge < -0.3 is 5.73 Å². The Bertz CT molecular complexity index is 305. The normalized spacial score (nSPS) is 21.6. The summed E-state index contributed by atoms with van der Waals surface area (Å²) in [6.45, 7) is 4.31. The van der Waals surface area contributed by atoms with Crippen LogP contribution in [0.15, 0.2) is 15.9 Å². The molecule has 0 aromatic carbocycles. The number of hydrogen-bond donors (Lipinski definition) is 1. The van der Waals surface area contributed by atoms with Crippen molar-refractivity contribution in [1.29, 1.82) is 0 Å². The minimum atomic E-state index is 0. The molecule has 1 saturated heterocycles. The lowest BCUT2D eigenvalue weighted by molar-refractivity contribution is 0.320. The van der Waals surface area contributed by atoms with Crippen LogP contribution < -0.4 is 5.73 Å². The Morgan fingerprint density at radius 3 is 2.87 bits per heavy atom. The Kier molecular flexibility index (Phi) is 5.57. The molecule has 1 aromatic rings. The first-order valence-electron chi connectivity index (χ1n) is 4.94. The fourth-order valence-electron chi connectivity index (χ4n) is 1.91. The van der Waals surface area contributed by atoms with Gasteiger partial charge in [0.1, 0.15) is 0 Å². The zero-order chi connectivity index (χ0) is 9.97. The molecule has 0 radical (unpaired) electrons. The minimum absolute atomic E-state index is 0. The van der Waals surface area contributed by atoms with Crippen molar-refractivity contribution >= 4 is 39.7 Å². The van der Waals surface area contributed by atoms with E-state index in [2.05, 4.69) is 33.0 Å². The minimum Gasteiger partial charge on any atom is -0.330 e. The number of halogens is 2. The Balaban J connectivity index is 0.00000112. The Morgan fingerprint density at radius 1 is 1.53 bits per heavy atom. The molecule has 0 spiro atoms. The zero-order valence-corrected chi connectivity index (χ0v) is 11.7. The highest BCUT2D eigenvalue weighted by molar-refractivity contribution is 9.11. The lowest BCUT2D eigenvalue weighted by Gasteiger charge is -2.13. The van der Waals surface area contributed by atoms with E-state index in [1.807, 2.05) is 11.3 Å². The first kappa shape index (κ1) is 13.5. The lowest BCUT2D eigenvalue weighted by Crippen LogP contribution is -2.22. The second kappa shape index (κ2) is 6.21. The van der Waals surface area contributed by atoms with E-state index in [0.717, 1.165) is 19.0 Å². The fraction of sp³-hybridized carbons (Fsp3) is 0.600. The van der Waals surface area contributed by atoms with E-state index < -0.39 is 0 Å². The second-order valence-electron chi connectivity index (χ2n) is 3.83. The third-order valence-electron chi connectivity index (χ3n) is 2.71. The van der Waals surface area contributed by atoms with E-state index in [1.54, 1.807) is 0 Å². The third-order valence-corrected chi connectivity index (χ3v) is 4.32. The molecule has 0 bridgehead atoms. The van der Waals surface area contributed by atoms with Crippen molar-refractivity contribution in [2.24, 2.45) is 11.7 Å². The summed E-state index contributed by atoms with van der Waals surface area (Å²) < 4.78 is 1.22. The number of hydrogen-bond acceptors (Lipinski definition) is 3. The molecule has 1 aromatic heterocycles. The van der Waals surface area contributed by atoms with Gasteiger partial charge in [-0.25, -0.2) is 0 Å². The summed E-state index contributed by atoms with van der Waals surface area (Å²) in [6.07, 6.45) is 1.27. The molecule has 2 nitrogen and oxygen atoms in total. The quantitative estimate of drug-likeness (QED) is 0.930. The van der Waals surface area contributed by atoms with Gasteiger partial charge in [0.2, 0.25) is 0 Å². The zero-order valence-electron chi connectivity index (χ0n) is 8.49. The Morgan fingerprint density at radius 2 is 2.33 bits per heavy atom. The van der Waals surface area contributed by atoms with Crippen molar-refractivity contribution in [2.75, 3.05) is 19.6 Å². The van der Waals surface area contributed by atoms with Gasteiger partial charge in [0.05, 0.1) is 3.79 Å². The molecule has 1 unspecified atom stereocenters. The van der Waals surface area contributed by atoms with Crippen LogP contribution in [0.3, 0.4) is 0 Å². The second-order valence-corrected chi connectivity index (χ2v) is 6.38. The first-order chi connectivity index (χ1) is 6.78. The largest absolute Gasteiger partial charge is 0.330 e. The van der Waals surface area contributed by atoms with Gasteiger partial charge in [-0.1, -0.05) is 0 Å². The Labute approximate surface area is 109 Å². The maximum Gasteiger partial charge on any atom is 0.0701 e. The molecule has 1 aliphatic heterocycles. The number of nitrogens with two attached hydrogens (primary N) is 1. The van der Waals surface area contributed by atoms with Crippen LogP contribution in [0.5, 0.6) is 0 Å². The molecule has 15 heavy (non-hydrogen) atoms. The molecule has 0 amide bonds. The SMILES string of the molecule is Cl.NCC1CCN(Cc2ccc(Br)s2)C1. The van der Waals surface area contributed by atoms with E-state index in [9.17, 15) is 0 Å². The van der Waals surface area contributed by atoms with Crippen molar-refractivity contribution < 1.29 is 0 Å². The van der Waals surface area contributed by atoms with Crippen LogP contribution in [0.1, 0.15) is 11.3 Å². The van der Waals surface area contributed by atoms with Gasteiger partial charge in [-0.15, -0.1) is 23.7 Å². The number of likely N-dealkylation sites (tertiary alicyclic amines) is 1. The van der Waals surface area contributed by atoms with Crippen molar-refractivity contribution in [3.05, 3.63) is 20.8 Å². The van der Waals surface area contributed by atoms with E-state index in [4.69, 9.17) is 5.73 Å². The number of rotatable bonds is 3. The summed E-state index contributed by atoms with van der Waals surface area (Å²) in [7, 11) is 0. The van der Waals surface area contributed by atoms with Gasteiger partial charge in [0.25, 0.3) is 0 Å². The van der Waals surface area contributed by atoms with E-state index >= 15 is 0 Å². The highest BCUT2D eigenvalue weighted by atomic mass is 79.9. The lowest BCUT2D eigenvalue weighted by atomic mass is 10.1. The summed E-state index contributed by atoms with van der Waals surface area (Å²) in [5.74, 6) is 0.721. The van der Waals surface area contributed by atoms with Crippen molar-refractivity contribution in [2.45, 2.75) is 13.0 Å². The van der Waals surface area contributed by atoms with Crippen LogP contribution in [0.4, 0.5) is 0 Å². The van der Waals surface area contributed by atoms with Crippen molar-refractivity contribution in [3.63, 3.8) is 0 Å². The molecule has 1 aliphatic rings. The van der Waals surface area contributed by atoms with Gasteiger partial charge in [-0.2, -0.15) is 0 Å². The molecule has 2 heterocycles. The summed E-state index contributed by atoms with van der Waals surface area (Å²) in [5, 5.41) is 0. The topological polar surface area (TPSA) is 29.3 Å². The highest BCUT2D eigenvalue weighted by Crippen LogP contribution is 2.25. The fourth-order valence-corrected chi connectivity index (χ4v) is 3.43. The Hall–Kier alpha value is 0.390. The monoisotopic (exact) mass is 310 g/mol. The average Bonchev–Trinajstić information content (AvgIpc) is 2.76. The molecular weight excluding hydrogens is 296 g/mol. The summed E-state index contributed by atoms with van der Waals surface area (Å²) in [4.78, 5) is 3.94. The molecule has 0 aliphatic carbocycles. The molecule has 86 valence electrons. The maximum atomic E-state index is 5.66. The number of nitrogens with zero attached hydrogens (tertiary/aromatic N) is 1. The molecule has 2 N–H and O–H groups in total. The van der Waals surface area contributed by atoms with Gasteiger partial charge in [0, 0.05) is 18.0 Å². The van der Waals surface area contributed by atoms with Crippen LogP contribution in [-0.2, 0) is 6.54 Å². The first-order valence-corrected chi connectivity index (χ1v) is 6.55. The van der Waals surface area contributed by atoms with Crippen molar-refractivity contribution in [1.82, 2.24) is 4.90 Å². The van der Waals surface area contributed by atoms with Gasteiger partial charge in [-0.3, -0.25) is 4.90 Å². The van der Waals surface area contributed by atoms with Crippen LogP contribution in [0.2, 0.25) is 0 Å². The number of thiophene rings is 1. The van der Waals surface area contributed by atoms with Gasteiger partial charge in [0.15, 0.2) is 0 Å². The van der Waals surface area contributed by atoms with Crippen LogP contribution in [0, 0.1) is 5.92 Å². The average molecular weight is 312 g/mol. The van der Waals surface area contributed by atoms with Crippen molar-refractivity contribution in [3.8, 4) is 0 Å². The van der Waals surface area contributed by atoms with Crippen LogP contribution in [0.25, 0.3) is 0 Å². The van der Waals surface area contributed by atoms with E-state index in [1.165, 1.54) is 28.2 Å². The smallest absolute Gasteiger partial charge is 0.0701 e. The highest BCUT2D eigenvalue weighted by Gasteiger charge is 2.21. The maximum absolute atomic E-state index is 5.66. The summed E-state index contributed by atoms with van der Waals surface area (Å²) >= 11 is 5.31.